The average molecular weight is 210 g/mol. The molecule has 1 nitrogen and oxygen atoms in total. The normalized spacial score (nSPS) is 35.6. The Morgan fingerprint density at radius 3 is 2.57 bits per heavy atom. The van der Waals surface area contributed by atoms with E-state index in [9.17, 15) is 4.79 Å². The predicted molar refractivity (Wildman–Crippen MR) is 61.6 cm³/mol. The molecule has 2 heterocycles. The highest BCUT2D eigenvalue weighted by molar-refractivity contribution is 8.00. The summed E-state index contributed by atoms with van der Waals surface area (Å²) in [6, 6.07) is 0. The molecule has 2 aliphatic heterocycles. The molecule has 0 spiro atoms. The molecule has 0 aliphatic carbocycles. The SMILES string of the molecule is C=CCCC(=O)C1CC2CCC(C1)S2. The van der Waals surface area contributed by atoms with Gasteiger partial charge in [-0.2, -0.15) is 11.8 Å². The molecule has 0 aromatic rings. The zero-order valence-corrected chi connectivity index (χ0v) is 9.39. The highest BCUT2D eigenvalue weighted by Crippen LogP contribution is 2.46. The minimum atomic E-state index is 0.383. The lowest BCUT2D eigenvalue weighted by Crippen LogP contribution is -2.24. The minimum absolute atomic E-state index is 0.383. The van der Waals surface area contributed by atoms with E-state index >= 15 is 0 Å². The molecular formula is C12H18OS. The molecule has 2 fully saturated rings. The van der Waals surface area contributed by atoms with Gasteiger partial charge in [-0.3, -0.25) is 4.79 Å². The number of carbonyl (C=O) groups is 1. The monoisotopic (exact) mass is 210 g/mol. The zero-order valence-electron chi connectivity index (χ0n) is 8.58. The van der Waals surface area contributed by atoms with Gasteiger partial charge < -0.3 is 0 Å². The molecule has 0 N–H and O–H groups in total. The Kier molecular flexibility index (Phi) is 3.32. The number of hydrogen-bond donors (Lipinski definition) is 0. The van der Waals surface area contributed by atoms with Gasteiger partial charge in [0, 0.05) is 22.8 Å². The maximum atomic E-state index is 11.8. The maximum Gasteiger partial charge on any atom is 0.136 e. The van der Waals surface area contributed by atoms with Crippen molar-refractivity contribution in [2.24, 2.45) is 5.92 Å². The van der Waals surface area contributed by atoms with E-state index < -0.39 is 0 Å². The smallest absolute Gasteiger partial charge is 0.136 e. The van der Waals surface area contributed by atoms with Gasteiger partial charge in [-0.05, 0) is 32.1 Å². The van der Waals surface area contributed by atoms with Crippen LogP contribution in [-0.2, 0) is 4.79 Å². The number of fused-ring (bicyclic) bond motifs is 2. The van der Waals surface area contributed by atoms with E-state index in [0.717, 1.165) is 36.2 Å². The van der Waals surface area contributed by atoms with Crippen molar-refractivity contribution >= 4 is 17.5 Å². The summed E-state index contributed by atoms with van der Waals surface area (Å²) in [5.74, 6) is 0.871. The number of ketones is 1. The lowest BCUT2D eigenvalue weighted by Gasteiger charge is -2.26. The molecule has 2 unspecified atom stereocenters. The lowest BCUT2D eigenvalue weighted by molar-refractivity contribution is -0.123. The van der Waals surface area contributed by atoms with Crippen molar-refractivity contribution in [3.63, 3.8) is 0 Å². The number of rotatable bonds is 4. The number of carbonyl (C=O) groups excluding carboxylic acids is 1. The second-order valence-corrected chi connectivity index (χ2v) is 6.02. The van der Waals surface area contributed by atoms with E-state index in [1.54, 1.807) is 0 Å². The van der Waals surface area contributed by atoms with Crippen LogP contribution in [0.4, 0.5) is 0 Å². The Morgan fingerprint density at radius 2 is 2.00 bits per heavy atom. The topological polar surface area (TPSA) is 17.1 Å². The van der Waals surface area contributed by atoms with Gasteiger partial charge in [0.1, 0.15) is 5.78 Å². The Balaban J connectivity index is 1.86. The first-order valence-electron chi connectivity index (χ1n) is 5.58. The fourth-order valence-corrected chi connectivity index (χ4v) is 4.34. The van der Waals surface area contributed by atoms with Gasteiger partial charge >= 0.3 is 0 Å². The van der Waals surface area contributed by atoms with Crippen LogP contribution < -0.4 is 0 Å². The average Bonchev–Trinajstić information content (AvgIpc) is 2.54. The summed E-state index contributed by atoms with van der Waals surface area (Å²) in [7, 11) is 0. The molecule has 2 aliphatic rings. The molecule has 14 heavy (non-hydrogen) atoms. The van der Waals surface area contributed by atoms with Crippen molar-refractivity contribution in [3.05, 3.63) is 12.7 Å². The molecule has 0 aromatic heterocycles. The largest absolute Gasteiger partial charge is 0.299 e. The maximum absolute atomic E-state index is 11.8. The predicted octanol–water partition coefficient (Wildman–Crippen LogP) is 3.20. The Morgan fingerprint density at radius 1 is 1.36 bits per heavy atom. The summed E-state index contributed by atoms with van der Waals surface area (Å²) in [6.07, 6.45) is 8.43. The molecule has 0 aromatic carbocycles. The minimum Gasteiger partial charge on any atom is -0.299 e. The Bertz CT molecular complexity index is 224. The van der Waals surface area contributed by atoms with Gasteiger partial charge in [-0.1, -0.05) is 6.08 Å². The van der Waals surface area contributed by atoms with E-state index in [1.165, 1.54) is 12.8 Å². The highest BCUT2D eigenvalue weighted by atomic mass is 32.2. The summed E-state index contributed by atoms with van der Waals surface area (Å²) in [5.41, 5.74) is 0. The third-order valence-corrected chi connectivity index (χ3v) is 4.97. The van der Waals surface area contributed by atoms with Crippen molar-refractivity contribution in [2.75, 3.05) is 0 Å². The van der Waals surface area contributed by atoms with Crippen LogP contribution in [-0.4, -0.2) is 16.3 Å². The molecule has 0 amide bonds. The first-order chi connectivity index (χ1) is 6.79. The molecular weight excluding hydrogens is 192 g/mol. The van der Waals surface area contributed by atoms with Crippen LogP contribution in [0.2, 0.25) is 0 Å². The van der Waals surface area contributed by atoms with Crippen LogP contribution in [0.3, 0.4) is 0 Å². The summed E-state index contributed by atoms with van der Waals surface area (Å²) in [5, 5.41) is 1.60. The molecule has 2 bridgehead atoms. The van der Waals surface area contributed by atoms with Gasteiger partial charge in [-0.15, -0.1) is 6.58 Å². The number of thioether (sulfide) groups is 1. The number of Topliss-reactive ketones (excluding diaryl/α,β-unsaturated/α-hetero) is 1. The summed E-state index contributed by atoms with van der Waals surface area (Å²) >= 11 is 2.12. The second-order valence-electron chi connectivity index (χ2n) is 4.42. The number of hydrogen-bond acceptors (Lipinski definition) is 2. The second kappa shape index (κ2) is 4.52. The molecule has 0 saturated carbocycles. The quantitative estimate of drug-likeness (QED) is 0.663. The van der Waals surface area contributed by atoms with E-state index in [2.05, 4.69) is 18.3 Å². The summed E-state index contributed by atoms with van der Waals surface area (Å²) in [6.45, 7) is 3.66. The fraction of sp³-hybridized carbons (Fsp3) is 0.750. The van der Waals surface area contributed by atoms with Crippen molar-refractivity contribution < 1.29 is 4.79 Å². The van der Waals surface area contributed by atoms with Crippen molar-refractivity contribution in [1.29, 1.82) is 0 Å². The molecule has 78 valence electrons. The van der Waals surface area contributed by atoms with Crippen LogP contribution in [0.1, 0.15) is 38.5 Å². The van der Waals surface area contributed by atoms with Gasteiger partial charge in [-0.25, -0.2) is 0 Å². The summed E-state index contributed by atoms with van der Waals surface area (Å²) < 4.78 is 0. The third-order valence-electron chi connectivity index (χ3n) is 3.34. The van der Waals surface area contributed by atoms with Gasteiger partial charge in [0.25, 0.3) is 0 Å². The first kappa shape index (κ1) is 10.3. The van der Waals surface area contributed by atoms with Crippen molar-refractivity contribution in [1.82, 2.24) is 0 Å². The summed E-state index contributed by atoms with van der Waals surface area (Å²) in [4.78, 5) is 11.8. The van der Waals surface area contributed by atoms with Crippen molar-refractivity contribution in [3.8, 4) is 0 Å². The van der Waals surface area contributed by atoms with E-state index in [0.29, 0.717) is 11.7 Å². The van der Waals surface area contributed by atoms with Gasteiger partial charge in [0.2, 0.25) is 0 Å². The van der Waals surface area contributed by atoms with Crippen LogP contribution in [0.25, 0.3) is 0 Å². The van der Waals surface area contributed by atoms with Gasteiger partial charge in [0.15, 0.2) is 0 Å². The van der Waals surface area contributed by atoms with Crippen LogP contribution >= 0.6 is 11.8 Å². The lowest BCUT2D eigenvalue weighted by atomic mass is 9.92. The third kappa shape index (κ3) is 2.22. The molecule has 2 saturated heterocycles. The van der Waals surface area contributed by atoms with E-state index in [1.807, 2.05) is 6.08 Å². The first-order valence-corrected chi connectivity index (χ1v) is 6.53. The Labute approximate surface area is 90.3 Å². The van der Waals surface area contributed by atoms with Crippen LogP contribution in [0.15, 0.2) is 12.7 Å². The van der Waals surface area contributed by atoms with Crippen LogP contribution in [0.5, 0.6) is 0 Å². The standard InChI is InChI=1S/C12H18OS/c1-2-3-4-12(13)9-7-10-5-6-11(8-9)14-10/h2,9-11H,1,3-8H2. The zero-order chi connectivity index (χ0) is 9.97. The van der Waals surface area contributed by atoms with E-state index in [-0.39, 0.29) is 0 Å². The molecule has 2 heteroatoms. The highest BCUT2D eigenvalue weighted by Gasteiger charge is 2.37. The van der Waals surface area contributed by atoms with E-state index in [4.69, 9.17) is 0 Å². The Hall–Kier alpha value is -0.240. The molecule has 0 radical (unpaired) electrons. The van der Waals surface area contributed by atoms with Gasteiger partial charge in [0.05, 0.1) is 0 Å². The van der Waals surface area contributed by atoms with Crippen molar-refractivity contribution in [2.45, 2.75) is 49.0 Å². The molecule has 2 rings (SSSR count). The van der Waals surface area contributed by atoms with Crippen LogP contribution in [0, 0.1) is 5.92 Å². The molecule has 2 atom stereocenters. The number of allylic oxidation sites excluding steroid dienone is 1. The fourth-order valence-electron chi connectivity index (χ4n) is 2.57.